The van der Waals surface area contributed by atoms with Crippen molar-refractivity contribution in [1.29, 1.82) is 0 Å². The summed E-state index contributed by atoms with van der Waals surface area (Å²) in [6, 6.07) is 6.68. The maximum Gasteiger partial charge on any atom is 0.258 e. The number of hydrogen-bond donors (Lipinski definition) is 2. The molecule has 96 valence electrons. The van der Waals surface area contributed by atoms with Crippen LogP contribution in [0.5, 0.6) is 5.75 Å². The second-order valence-electron chi connectivity index (χ2n) is 3.35. The second-order valence-corrected chi connectivity index (χ2v) is 3.79. The molecule has 0 unspecified atom stereocenters. The molecule has 0 spiro atoms. The lowest BCUT2D eigenvalue weighted by Gasteiger charge is -2.05. The van der Waals surface area contributed by atoms with Crippen molar-refractivity contribution in [2.75, 3.05) is 13.2 Å². The fourth-order valence-electron chi connectivity index (χ4n) is 1.08. The van der Waals surface area contributed by atoms with Gasteiger partial charge in [-0.2, -0.15) is 0 Å². The largest absolute Gasteiger partial charge is 0.484 e. The van der Waals surface area contributed by atoms with E-state index in [1.165, 1.54) is 12.2 Å². The summed E-state index contributed by atoms with van der Waals surface area (Å²) in [4.78, 5) is 21.7. The van der Waals surface area contributed by atoms with Gasteiger partial charge in [-0.1, -0.05) is 17.7 Å². The lowest BCUT2D eigenvalue weighted by atomic mass is 10.3. The zero-order valence-electron chi connectivity index (χ0n) is 9.56. The lowest BCUT2D eigenvalue weighted by molar-refractivity contribution is -0.123. The van der Waals surface area contributed by atoms with Gasteiger partial charge in [-0.25, -0.2) is 0 Å². The number of carbonyl (C=O) groups is 2. The summed E-state index contributed by atoms with van der Waals surface area (Å²) in [5.41, 5.74) is 4.88. The SMILES string of the molecule is NC(=O)/C=C\CNC(=O)COc1ccc(Cl)cc1. The molecule has 0 heterocycles. The molecule has 0 aliphatic rings. The topological polar surface area (TPSA) is 81.4 Å². The summed E-state index contributed by atoms with van der Waals surface area (Å²) in [7, 11) is 0. The number of benzene rings is 1. The number of hydrogen-bond acceptors (Lipinski definition) is 3. The molecule has 0 saturated carbocycles. The minimum Gasteiger partial charge on any atom is -0.484 e. The Morgan fingerprint density at radius 3 is 2.61 bits per heavy atom. The van der Waals surface area contributed by atoms with Crippen LogP contribution in [0, 0.1) is 0 Å². The van der Waals surface area contributed by atoms with Gasteiger partial charge in [-0.3, -0.25) is 9.59 Å². The van der Waals surface area contributed by atoms with Crippen molar-refractivity contribution >= 4 is 23.4 Å². The average Bonchev–Trinajstić information content (AvgIpc) is 2.34. The number of primary amides is 1. The third-order valence-electron chi connectivity index (χ3n) is 1.88. The standard InChI is InChI=1S/C12H13ClN2O3/c13-9-3-5-10(6-4-9)18-8-12(17)15-7-1-2-11(14)16/h1-6H,7-8H2,(H2,14,16)(H,15,17)/b2-1-. The van der Waals surface area contributed by atoms with E-state index in [-0.39, 0.29) is 19.1 Å². The fourth-order valence-corrected chi connectivity index (χ4v) is 1.20. The van der Waals surface area contributed by atoms with E-state index < -0.39 is 5.91 Å². The van der Waals surface area contributed by atoms with Crippen LogP contribution in [0.25, 0.3) is 0 Å². The third-order valence-corrected chi connectivity index (χ3v) is 2.13. The van der Waals surface area contributed by atoms with Gasteiger partial charge in [0.15, 0.2) is 6.61 Å². The van der Waals surface area contributed by atoms with Gasteiger partial charge in [0.05, 0.1) is 0 Å². The lowest BCUT2D eigenvalue weighted by Crippen LogP contribution is -2.29. The molecule has 1 aromatic carbocycles. The van der Waals surface area contributed by atoms with Crippen molar-refractivity contribution < 1.29 is 14.3 Å². The Kier molecular flexibility index (Phi) is 5.73. The van der Waals surface area contributed by atoms with E-state index in [2.05, 4.69) is 5.32 Å². The molecule has 6 heteroatoms. The number of rotatable bonds is 6. The highest BCUT2D eigenvalue weighted by Gasteiger charge is 2.01. The Bertz CT molecular complexity index is 443. The van der Waals surface area contributed by atoms with E-state index in [1.807, 2.05) is 0 Å². The molecule has 0 aliphatic carbocycles. The Labute approximate surface area is 110 Å². The molecule has 1 aromatic rings. The molecule has 0 aliphatic heterocycles. The summed E-state index contributed by atoms with van der Waals surface area (Å²) in [6.07, 6.45) is 2.64. The first kappa shape index (κ1) is 14.1. The highest BCUT2D eigenvalue weighted by molar-refractivity contribution is 6.30. The number of carbonyl (C=O) groups excluding carboxylic acids is 2. The molecule has 3 N–H and O–H groups in total. The molecule has 0 radical (unpaired) electrons. The van der Waals surface area contributed by atoms with Crippen LogP contribution in [-0.2, 0) is 9.59 Å². The fraction of sp³-hybridized carbons (Fsp3) is 0.167. The Morgan fingerprint density at radius 1 is 1.33 bits per heavy atom. The molecule has 0 atom stereocenters. The first-order valence-electron chi connectivity index (χ1n) is 5.19. The minimum atomic E-state index is -0.554. The number of halogens is 1. The molecule has 18 heavy (non-hydrogen) atoms. The summed E-state index contributed by atoms with van der Waals surface area (Å²) >= 11 is 5.70. The zero-order valence-corrected chi connectivity index (χ0v) is 10.3. The van der Waals surface area contributed by atoms with Gasteiger partial charge in [0.2, 0.25) is 5.91 Å². The van der Waals surface area contributed by atoms with E-state index in [9.17, 15) is 9.59 Å². The molecule has 0 fully saturated rings. The average molecular weight is 269 g/mol. The van der Waals surface area contributed by atoms with E-state index in [0.717, 1.165) is 0 Å². The van der Waals surface area contributed by atoms with Crippen LogP contribution in [0.3, 0.4) is 0 Å². The predicted molar refractivity (Wildman–Crippen MR) is 68.3 cm³/mol. The Hall–Kier alpha value is -2.01. The monoisotopic (exact) mass is 268 g/mol. The van der Waals surface area contributed by atoms with Crippen LogP contribution < -0.4 is 15.8 Å². The quantitative estimate of drug-likeness (QED) is 0.752. The summed E-state index contributed by atoms with van der Waals surface area (Å²) in [5, 5.41) is 3.14. The summed E-state index contributed by atoms with van der Waals surface area (Å²) in [6.45, 7) is 0.123. The Balaban J connectivity index is 2.25. The molecule has 0 aromatic heterocycles. The molecule has 0 saturated heterocycles. The molecule has 0 bridgehead atoms. The van der Waals surface area contributed by atoms with Crippen LogP contribution in [0.4, 0.5) is 0 Å². The first-order valence-corrected chi connectivity index (χ1v) is 5.57. The molecular weight excluding hydrogens is 256 g/mol. The third kappa shape index (κ3) is 5.91. The zero-order chi connectivity index (χ0) is 13.4. The van der Waals surface area contributed by atoms with Crippen molar-refractivity contribution in [3.05, 3.63) is 41.4 Å². The van der Waals surface area contributed by atoms with Gasteiger partial charge in [0.1, 0.15) is 5.75 Å². The maximum atomic E-state index is 11.3. The number of amides is 2. The number of nitrogens with one attached hydrogen (secondary N) is 1. The number of nitrogens with two attached hydrogens (primary N) is 1. The van der Waals surface area contributed by atoms with Crippen LogP contribution >= 0.6 is 11.6 Å². The van der Waals surface area contributed by atoms with Crippen molar-refractivity contribution in [2.45, 2.75) is 0 Å². The van der Waals surface area contributed by atoms with Gasteiger partial charge in [-0.05, 0) is 24.3 Å². The van der Waals surface area contributed by atoms with Crippen molar-refractivity contribution in [2.24, 2.45) is 5.73 Å². The maximum absolute atomic E-state index is 11.3. The second kappa shape index (κ2) is 7.34. The smallest absolute Gasteiger partial charge is 0.258 e. The van der Waals surface area contributed by atoms with Crippen LogP contribution in [0.15, 0.2) is 36.4 Å². The number of ether oxygens (including phenoxy) is 1. The van der Waals surface area contributed by atoms with Crippen molar-refractivity contribution in [3.8, 4) is 5.75 Å². The van der Waals surface area contributed by atoms with Gasteiger partial charge < -0.3 is 15.8 Å². The molecular formula is C12H13ClN2O3. The van der Waals surface area contributed by atoms with E-state index in [1.54, 1.807) is 24.3 Å². The minimum absolute atomic E-state index is 0.105. The summed E-state index contributed by atoms with van der Waals surface area (Å²) < 4.78 is 5.21. The Morgan fingerprint density at radius 2 is 2.00 bits per heavy atom. The van der Waals surface area contributed by atoms with Gasteiger partial charge in [0, 0.05) is 17.6 Å². The van der Waals surface area contributed by atoms with Crippen LogP contribution in [0.1, 0.15) is 0 Å². The van der Waals surface area contributed by atoms with Gasteiger partial charge in [0.25, 0.3) is 5.91 Å². The molecule has 5 nitrogen and oxygen atoms in total. The van der Waals surface area contributed by atoms with E-state index in [0.29, 0.717) is 10.8 Å². The van der Waals surface area contributed by atoms with E-state index in [4.69, 9.17) is 22.1 Å². The van der Waals surface area contributed by atoms with Crippen LogP contribution in [0.2, 0.25) is 5.02 Å². The highest BCUT2D eigenvalue weighted by Crippen LogP contribution is 2.15. The van der Waals surface area contributed by atoms with Crippen molar-refractivity contribution in [1.82, 2.24) is 5.32 Å². The predicted octanol–water partition coefficient (Wildman–Crippen LogP) is 0.877. The van der Waals surface area contributed by atoms with Gasteiger partial charge >= 0.3 is 0 Å². The normalized spacial score (nSPS) is 10.3. The van der Waals surface area contributed by atoms with Gasteiger partial charge in [-0.15, -0.1) is 0 Å². The van der Waals surface area contributed by atoms with Crippen LogP contribution in [-0.4, -0.2) is 25.0 Å². The summed E-state index contributed by atoms with van der Waals surface area (Å²) in [5.74, 6) is -0.289. The van der Waals surface area contributed by atoms with Crippen molar-refractivity contribution in [3.63, 3.8) is 0 Å². The first-order chi connectivity index (χ1) is 8.58. The highest BCUT2D eigenvalue weighted by atomic mass is 35.5. The van der Waals surface area contributed by atoms with E-state index >= 15 is 0 Å². The molecule has 2 amide bonds. The molecule has 1 rings (SSSR count).